The molecule has 4 nitrogen and oxygen atoms in total. The lowest BCUT2D eigenvalue weighted by Gasteiger charge is -2.40. The summed E-state index contributed by atoms with van der Waals surface area (Å²) in [7, 11) is 0. The smallest absolute Gasteiger partial charge is 0.252 e. The maximum absolute atomic E-state index is 12.8. The molecular weight excluding hydrogens is 254 g/mol. The van der Waals surface area contributed by atoms with Crippen molar-refractivity contribution in [2.24, 2.45) is 16.7 Å². The van der Waals surface area contributed by atoms with E-state index in [0.29, 0.717) is 12.5 Å². The van der Waals surface area contributed by atoms with Crippen molar-refractivity contribution >= 4 is 5.91 Å². The molecule has 5 atom stereocenters. The number of ether oxygens (including phenoxy) is 2. The van der Waals surface area contributed by atoms with E-state index in [0.717, 1.165) is 38.9 Å². The zero-order chi connectivity index (χ0) is 14.0. The van der Waals surface area contributed by atoms with Gasteiger partial charge in [-0.1, -0.05) is 13.8 Å². The van der Waals surface area contributed by atoms with Crippen LogP contribution in [0.4, 0.5) is 0 Å². The van der Waals surface area contributed by atoms with Gasteiger partial charge in [0.1, 0.15) is 0 Å². The van der Waals surface area contributed by atoms with Crippen LogP contribution in [-0.2, 0) is 14.3 Å². The van der Waals surface area contributed by atoms with Gasteiger partial charge in [-0.3, -0.25) is 4.79 Å². The normalized spacial score (nSPS) is 52.7. The number of carbonyl (C=O) groups is 1. The van der Waals surface area contributed by atoms with E-state index in [1.165, 1.54) is 6.42 Å². The summed E-state index contributed by atoms with van der Waals surface area (Å²) in [5.41, 5.74) is -0.344. The van der Waals surface area contributed by atoms with Crippen LogP contribution in [0, 0.1) is 16.7 Å². The van der Waals surface area contributed by atoms with E-state index in [2.05, 4.69) is 19.2 Å². The average Bonchev–Trinajstić information content (AvgIpc) is 3.13. The van der Waals surface area contributed by atoms with Crippen molar-refractivity contribution in [1.82, 2.24) is 5.32 Å². The molecule has 1 N–H and O–H groups in total. The largest absolute Gasteiger partial charge is 0.376 e. The molecule has 2 heterocycles. The topological polar surface area (TPSA) is 47.6 Å². The molecule has 4 aliphatic rings. The predicted molar refractivity (Wildman–Crippen MR) is 74.2 cm³/mol. The fourth-order valence-corrected chi connectivity index (χ4v) is 5.41. The van der Waals surface area contributed by atoms with Crippen LogP contribution < -0.4 is 5.32 Å². The highest BCUT2D eigenvalue weighted by atomic mass is 16.5. The highest BCUT2D eigenvalue weighted by Gasteiger charge is 2.78. The first-order valence-electron chi connectivity index (χ1n) is 8.06. The Balaban J connectivity index is 1.52. The Labute approximate surface area is 120 Å². The van der Waals surface area contributed by atoms with E-state index in [-0.39, 0.29) is 22.8 Å². The molecule has 0 aromatic carbocycles. The minimum Gasteiger partial charge on any atom is -0.376 e. The minimum absolute atomic E-state index is 0.0191. The summed E-state index contributed by atoms with van der Waals surface area (Å²) in [6.45, 7) is 6.83. The maximum Gasteiger partial charge on any atom is 0.252 e. The molecule has 5 unspecified atom stereocenters. The van der Waals surface area contributed by atoms with E-state index < -0.39 is 5.60 Å². The first-order chi connectivity index (χ1) is 9.52. The van der Waals surface area contributed by atoms with Crippen molar-refractivity contribution in [2.45, 2.75) is 57.7 Å². The standard InChI is InChI=1S/C16H25NO3/c1-14-10-20-16(8-11(14)5-6-15(14,16)2)13(18)17-9-12-4-3-7-19-12/h11-12H,3-10H2,1-2H3,(H,17,18). The van der Waals surface area contributed by atoms with E-state index >= 15 is 0 Å². The minimum atomic E-state index is -0.566. The lowest BCUT2D eigenvalue weighted by Crippen LogP contribution is -2.56. The van der Waals surface area contributed by atoms with Crippen molar-refractivity contribution in [3.8, 4) is 0 Å². The quantitative estimate of drug-likeness (QED) is 0.858. The van der Waals surface area contributed by atoms with Crippen LogP contribution in [0.2, 0.25) is 0 Å². The van der Waals surface area contributed by atoms with Gasteiger partial charge in [-0.15, -0.1) is 0 Å². The van der Waals surface area contributed by atoms with Crippen molar-refractivity contribution in [2.75, 3.05) is 19.8 Å². The van der Waals surface area contributed by atoms with Gasteiger partial charge >= 0.3 is 0 Å². The van der Waals surface area contributed by atoms with Crippen LogP contribution in [-0.4, -0.2) is 37.4 Å². The fourth-order valence-electron chi connectivity index (χ4n) is 5.41. The molecule has 1 amide bonds. The highest BCUT2D eigenvalue weighted by Crippen LogP contribution is 2.74. The first kappa shape index (κ1) is 13.1. The number of amides is 1. The van der Waals surface area contributed by atoms with Crippen LogP contribution in [0.1, 0.15) is 46.0 Å². The third-order valence-corrected chi connectivity index (χ3v) is 7.08. The number of nitrogens with one attached hydrogen (secondary N) is 1. The average molecular weight is 279 g/mol. The SMILES string of the molecule is CC12COC3(C(=O)NCC4CCCO4)CC1CCC32C. The third-order valence-electron chi connectivity index (χ3n) is 7.08. The molecule has 2 saturated carbocycles. The molecule has 0 spiro atoms. The molecule has 0 aromatic heterocycles. The predicted octanol–water partition coefficient (Wildman–Crippen LogP) is 1.88. The summed E-state index contributed by atoms with van der Waals surface area (Å²) in [4.78, 5) is 12.8. The molecule has 20 heavy (non-hydrogen) atoms. The molecule has 0 aromatic rings. The molecule has 4 rings (SSSR count). The third kappa shape index (κ3) is 1.32. The van der Waals surface area contributed by atoms with Crippen LogP contribution in [0.5, 0.6) is 0 Å². The summed E-state index contributed by atoms with van der Waals surface area (Å²) in [5, 5.41) is 3.12. The second-order valence-electron chi connectivity index (χ2n) is 7.65. The first-order valence-corrected chi connectivity index (χ1v) is 8.06. The summed E-state index contributed by atoms with van der Waals surface area (Å²) in [5.74, 6) is 0.774. The van der Waals surface area contributed by atoms with Crippen molar-refractivity contribution in [1.29, 1.82) is 0 Å². The molecule has 112 valence electrons. The summed E-state index contributed by atoms with van der Waals surface area (Å²) in [6, 6.07) is 0. The lowest BCUT2D eigenvalue weighted by molar-refractivity contribution is -0.156. The van der Waals surface area contributed by atoms with Crippen LogP contribution >= 0.6 is 0 Å². The van der Waals surface area contributed by atoms with E-state index in [1.54, 1.807) is 0 Å². The van der Waals surface area contributed by atoms with Gasteiger partial charge in [-0.2, -0.15) is 0 Å². The van der Waals surface area contributed by atoms with E-state index in [9.17, 15) is 4.79 Å². The van der Waals surface area contributed by atoms with Gasteiger partial charge in [0.15, 0.2) is 5.60 Å². The Bertz CT molecular complexity index is 447. The number of carbonyl (C=O) groups excluding carboxylic acids is 1. The zero-order valence-electron chi connectivity index (χ0n) is 12.5. The maximum atomic E-state index is 12.8. The molecule has 2 saturated heterocycles. The van der Waals surface area contributed by atoms with Gasteiger partial charge in [-0.25, -0.2) is 0 Å². The summed E-state index contributed by atoms with van der Waals surface area (Å²) >= 11 is 0. The molecule has 4 fully saturated rings. The summed E-state index contributed by atoms with van der Waals surface area (Å²) in [6.07, 6.45) is 5.68. The Kier molecular flexibility index (Phi) is 2.60. The van der Waals surface area contributed by atoms with Crippen LogP contribution in [0.15, 0.2) is 0 Å². The van der Waals surface area contributed by atoms with E-state index in [1.807, 2.05) is 0 Å². The molecule has 0 radical (unpaired) electrons. The summed E-state index contributed by atoms with van der Waals surface area (Å²) < 4.78 is 11.7. The van der Waals surface area contributed by atoms with Crippen LogP contribution in [0.3, 0.4) is 0 Å². The van der Waals surface area contributed by atoms with Crippen LogP contribution in [0.25, 0.3) is 0 Å². The Hall–Kier alpha value is -0.610. The Morgan fingerprint density at radius 3 is 2.85 bits per heavy atom. The number of hydrogen-bond donors (Lipinski definition) is 1. The van der Waals surface area contributed by atoms with Crippen molar-refractivity contribution < 1.29 is 14.3 Å². The van der Waals surface area contributed by atoms with Gasteiger partial charge in [0, 0.05) is 24.0 Å². The second kappa shape index (κ2) is 3.98. The molecule has 4 bridgehead atoms. The number of hydrogen-bond acceptors (Lipinski definition) is 3. The molecule has 4 heteroatoms. The number of rotatable bonds is 3. The Morgan fingerprint density at radius 2 is 2.20 bits per heavy atom. The van der Waals surface area contributed by atoms with E-state index in [4.69, 9.17) is 9.47 Å². The van der Waals surface area contributed by atoms with Gasteiger partial charge in [0.05, 0.1) is 12.7 Å². The monoisotopic (exact) mass is 279 g/mol. The fraction of sp³-hybridized carbons (Fsp3) is 0.938. The highest BCUT2D eigenvalue weighted by molar-refractivity contribution is 5.88. The van der Waals surface area contributed by atoms with Gasteiger partial charge in [0.25, 0.3) is 5.91 Å². The molecular formula is C16H25NO3. The van der Waals surface area contributed by atoms with Crippen molar-refractivity contribution in [3.05, 3.63) is 0 Å². The molecule has 2 aliphatic heterocycles. The zero-order valence-corrected chi connectivity index (χ0v) is 12.5. The van der Waals surface area contributed by atoms with Gasteiger partial charge < -0.3 is 14.8 Å². The lowest BCUT2D eigenvalue weighted by atomic mass is 9.66. The second-order valence-corrected chi connectivity index (χ2v) is 7.65. The Morgan fingerprint density at radius 1 is 1.35 bits per heavy atom. The van der Waals surface area contributed by atoms with Crippen molar-refractivity contribution in [3.63, 3.8) is 0 Å². The molecule has 2 aliphatic carbocycles. The van der Waals surface area contributed by atoms with Gasteiger partial charge in [0.2, 0.25) is 0 Å². The van der Waals surface area contributed by atoms with Gasteiger partial charge in [-0.05, 0) is 38.0 Å².